The van der Waals surface area contributed by atoms with Crippen LogP contribution >= 0.6 is 0 Å². The molecule has 0 atom stereocenters. The van der Waals surface area contributed by atoms with Crippen molar-refractivity contribution in [3.63, 3.8) is 0 Å². The summed E-state index contributed by atoms with van der Waals surface area (Å²) in [5.74, 6) is 0.965. The molecule has 1 amide bonds. The van der Waals surface area contributed by atoms with Crippen LogP contribution in [0.2, 0.25) is 0 Å². The number of carbonyl (C=O) groups is 1. The van der Waals surface area contributed by atoms with Crippen molar-refractivity contribution in [1.29, 1.82) is 0 Å². The lowest BCUT2D eigenvalue weighted by Gasteiger charge is -2.17. The summed E-state index contributed by atoms with van der Waals surface area (Å²) in [6.45, 7) is 2.69. The molecule has 2 aromatic heterocycles. The lowest BCUT2D eigenvalue weighted by atomic mass is 10.1. The smallest absolute Gasteiger partial charge is 0.261 e. The summed E-state index contributed by atoms with van der Waals surface area (Å²) < 4.78 is 6.71. The molecule has 0 fully saturated rings. The van der Waals surface area contributed by atoms with Crippen LogP contribution in [-0.2, 0) is 12.8 Å². The number of para-hydroxylation sites is 1. The van der Waals surface area contributed by atoms with Gasteiger partial charge in [0.2, 0.25) is 5.88 Å². The van der Waals surface area contributed by atoms with Gasteiger partial charge in [0.05, 0.1) is 24.6 Å². The Labute approximate surface area is 151 Å². The molecule has 0 saturated carbocycles. The Hall–Kier alpha value is -3.22. The molecule has 4 rings (SSSR count). The monoisotopic (exact) mass is 349 g/mol. The second kappa shape index (κ2) is 6.59. The molecule has 7 heteroatoms. The highest BCUT2D eigenvalue weighted by atomic mass is 16.5. The average Bonchev–Trinajstić information content (AvgIpc) is 3.31. The highest BCUT2D eigenvalue weighted by Gasteiger charge is 2.28. The first kappa shape index (κ1) is 16.3. The SMILES string of the molecule is CCc1c(C(=O)N2CCc3ccccc32)cnn1-c1ccc(OC)nn1. The first-order valence-electron chi connectivity index (χ1n) is 8.57. The second-order valence-corrected chi connectivity index (χ2v) is 6.04. The lowest BCUT2D eigenvalue weighted by molar-refractivity contribution is 0.0988. The molecule has 132 valence electrons. The van der Waals surface area contributed by atoms with Crippen molar-refractivity contribution in [2.24, 2.45) is 0 Å². The van der Waals surface area contributed by atoms with Crippen LogP contribution in [-0.4, -0.2) is 39.5 Å². The van der Waals surface area contributed by atoms with Crippen molar-refractivity contribution < 1.29 is 9.53 Å². The predicted octanol–water partition coefficient (Wildman–Crippen LogP) is 2.44. The molecule has 3 aromatic rings. The zero-order valence-electron chi connectivity index (χ0n) is 14.7. The van der Waals surface area contributed by atoms with Gasteiger partial charge in [0.1, 0.15) is 0 Å². The minimum absolute atomic E-state index is 0.0282. The van der Waals surface area contributed by atoms with Gasteiger partial charge in [-0.15, -0.1) is 10.2 Å². The molecule has 7 nitrogen and oxygen atoms in total. The number of hydrogen-bond donors (Lipinski definition) is 0. The summed E-state index contributed by atoms with van der Waals surface area (Å²) in [7, 11) is 1.54. The number of amides is 1. The van der Waals surface area contributed by atoms with Crippen LogP contribution in [0, 0.1) is 0 Å². The Kier molecular flexibility index (Phi) is 4.12. The molecule has 0 aliphatic carbocycles. The zero-order valence-corrected chi connectivity index (χ0v) is 14.7. The van der Waals surface area contributed by atoms with Gasteiger partial charge >= 0.3 is 0 Å². The van der Waals surface area contributed by atoms with Crippen LogP contribution in [0.1, 0.15) is 28.5 Å². The number of carbonyl (C=O) groups excluding carboxylic acids is 1. The Balaban J connectivity index is 1.69. The van der Waals surface area contributed by atoms with Crippen LogP contribution in [0.15, 0.2) is 42.6 Å². The number of anilines is 1. The zero-order chi connectivity index (χ0) is 18.1. The van der Waals surface area contributed by atoms with Crippen molar-refractivity contribution in [2.75, 3.05) is 18.6 Å². The molecule has 3 heterocycles. The highest BCUT2D eigenvalue weighted by molar-refractivity contribution is 6.08. The van der Waals surface area contributed by atoms with Crippen molar-refractivity contribution >= 4 is 11.6 Å². The molecular formula is C19H19N5O2. The van der Waals surface area contributed by atoms with Crippen LogP contribution < -0.4 is 9.64 Å². The molecule has 26 heavy (non-hydrogen) atoms. The maximum atomic E-state index is 13.2. The third-order valence-corrected chi connectivity index (χ3v) is 4.62. The van der Waals surface area contributed by atoms with Gasteiger partial charge in [-0.1, -0.05) is 25.1 Å². The van der Waals surface area contributed by atoms with Crippen LogP contribution in [0.4, 0.5) is 5.69 Å². The summed E-state index contributed by atoms with van der Waals surface area (Å²) in [5, 5.41) is 12.5. The number of benzene rings is 1. The van der Waals surface area contributed by atoms with Gasteiger partial charge in [0, 0.05) is 18.3 Å². The second-order valence-electron chi connectivity index (χ2n) is 6.04. The topological polar surface area (TPSA) is 73.1 Å². The maximum Gasteiger partial charge on any atom is 0.261 e. The van der Waals surface area contributed by atoms with Gasteiger partial charge in [-0.05, 0) is 30.5 Å². The molecule has 0 N–H and O–H groups in total. The molecule has 1 aliphatic rings. The van der Waals surface area contributed by atoms with Crippen molar-refractivity contribution in [1.82, 2.24) is 20.0 Å². The van der Waals surface area contributed by atoms with Gasteiger partial charge in [0.15, 0.2) is 5.82 Å². The number of hydrogen-bond acceptors (Lipinski definition) is 5. The van der Waals surface area contributed by atoms with Gasteiger partial charge < -0.3 is 9.64 Å². The van der Waals surface area contributed by atoms with E-state index >= 15 is 0 Å². The number of nitrogens with zero attached hydrogens (tertiary/aromatic N) is 5. The largest absolute Gasteiger partial charge is 0.480 e. The average molecular weight is 349 g/mol. The summed E-state index contributed by atoms with van der Waals surface area (Å²) in [6, 6.07) is 11.5. The van der Waals surface area contributed by atoms with Crippen LogP contribution in [0.5, 0.6) is 5.88 Å². The Morgan fingerprint density at radius 3 is 2.77 bits per heavy atom. The minimum Gasteiger partial charge on any atom is -0.480 e. The third-order valence-electron chi connectivity index (χ3n) is 4.62. The molecule has 0 bridgehead atoms. The van der Waals surface area contributed by atoms with E-state index in [1.54, 1.807) is 30.1 Å². The highest BCUT2D eigenvalue weighted by Crippen LogP contribution is 2.29. The fraction of sp³-hybridized carbons (Fsp3) is 0.263. The van der Waals surface area contributed by atoms with E-state index in [0.717, 1.165) is 17.8 Å². The maximum absolute atomic E-state index is 13.2. The fourth-order valence-electron chi connectivity index (χ4n) is 3.32. The van der Waals surface area contributed by atoms with Crippen LogP contribution in [0.25, 0.3) is 5.82 Å². The number of aromatic nitrogens is 4. The van der Waals surface area contributed by atoms with Gasteiger partial charge in [0.25, 0.3) is 5.91 Å². The third kappa shape index (κ3) is 2.61. The summed E-state index contributed by atoms with van der Waals surface area (Å²) >= 11 is 0. The lowest BCUT2D eigenvalue weighted by Crippen LogP contribution is -2.29. The van der Waals surface area contributed by atoms with E-state index in [1.807, 2.05) is 30.0 Å². The van der Waals surface area contributed by atoms with E-state index < -0.39 is 0 Å². The Morgan fingerprint density at radius 2 is 2.04 bits per heavy atom. The summed E-state index contributed by atoms with van der Waals surface area (Å²) in [4.78, 5) is 15.0. The molecule has 1 aliphatic heterocycles. The van der Waals surface area contributed by atoms with Crippen molar-refractivity contribution in [3.8, 4) is 11.7 Å². The fourth-order valence-corrected chi connectivity index (χ4v) is 3.32. The van der Waals surface area contributed by atoms with E-state index in [4.69, 9.17) is 4.74 Å². The van der Waals surface area contributed by atoms with Gasteiger partial charge in [-0.2, -0.15) is 5.10 Å². The molecule has 0 radical (unpaired) electrons. The quantitative estimate of drug-likeness (QED) is 0.723. The van der Waals surface area contributed by atoms with E-state index in [2.05, 4.69) is 21.4 Å². The molecule has 0 unspecified atom stereocenters. The molecule has 0 saturated heterocycles. The Bertz CT molecular complexity index is 949. The van der Waals surface area contributed by atoms with Gasteiger partial charge in [-0.3, -0.25) is 4.79 Å². The van der Waals surface area contributed by atoms with E-state index in [0.29, 0.717) is 30.2 Å². The molecule has 0 spiro atoms. The van der Waals surface area contributed by atoms with E-state index in [-0.39, 0.29) is 5.91 Å². The first-order chi connectivity index (χ1) is 12.7. The molecule has 1 aromatic carbocycles. The van der Waals surface area contributed by atoms with Crippen molar-refractivity contribution in [2.45, 2.75) is 19.8 Å². The number of methoxy groups -OCH3 is 1. The standard InChI is InChI=1S/C19H19N5O2/c1-3-15-14(12-20-24(15)17-8-9-18(26-2)22-21-17)19(25)23-11-10-13-6-4-5-7-16(13)23/h4-9,12H,3,10-11H2,1-2H3. The predicted molar refractivity (Wildman–Crippen MR) is 96.9 cm³/mol. The summed E-state index contributed by atoms with van der Waals surface area (Å²) in [5.41, 5.74) is 3.60. The van der Waals surface area contributed by atoms with Crippen molar-refractivity contribution in [3.05, 3.63) is 59.4 Å². The first-order valence-corrected chi connectivity index (χ1v) is 8.57. The van der Waals surface area contributed by atoms with E-state index in [1.165, 1.54) is 5.56 Å². The number of rotatable bonds is 4. The number of fused-ring (bicyclic) bond motifs is 1. The number of ether oxygens (including phenoxy) is 1. The van der Waals surface area contributed by atoms with Gasteiger partial charge in [-0.25, -0.2) is 4.68 Å². The minimum atomic E-state index is -0.0282. The summed E-state index contributed by atoms with van der Waals surface area (Å²) in [6.07, 6.45) is 3.15. The Morgan fingerprint density at radius 1 is 1.19 bits per heavy atom. The van der Waals surface area contributed by atoms with Crippen LogP contribution in [0.3, 0.4) is 0 Å². The normalized spacial score (nSPS) is 12.9. The van der Waals surface area contributed by atoms with E-state index in [9.17, 15) is 4.79 Å². The molecular weight excluding hydrogens is 330 g/mol.